The van der Waals surface area contributed by atoms with E-state index in [0.29, 0.717) is 6.61 Å². The van der Waals surface area contributed by atoms with Crippen LogP contribution < -0.4 is 10.5 Å². The molecule has 2 rings (SSSR count). The van der Waals surface area contributed by atoms with Crippen LogP contribution in [0.2, 0.25) is 0 Å². The summed E-state index contributed by atoms with van der Waals surface area (Å²) in [5.74, 6) is 0.891. The topological polar surface area (TPSA) is 35.2 Å². The number of hydrogen-bond donors (Lipinski definition) is 1. The minimum atomic E-state index is 0.506. The monoisotopic (exact) mass is 403 g/mol. The van der Waals surface area contributed by atoms with Gasteiger partial charge in [0.2, 0.25) is 0 Å². The van der Waals surface area contributed by atoms with Crippen LogP contribution in [0.3, 0.4) is 0 Å². The van der Waals surface area contributed by atoms with E-state index in [1.54, 1.807) is 0 Å². The first-order chi connectivity index (χ1) is 8.18. The van der Waals surface area contributed by atoms with Crippen molar-refractivity contribution in [1.29, 1.82) is 0 Å². The third-order valence-corrected chi connectivity index (χ3v) is 4.19. The van der Waals surface area contributed by atoms with Gasteiger partial charge >= 0.3 is 0 Å². The number of para-hydroxylation sites is 1. The summed E-state index contributed by atoms with van der Waals surface area (Å²) in [6.45, 7) is 0.506. The highest BCUT2D eigenvalue weighted by molar-refractivity contribution is 14.1. The summed E-state index contributed by atoms with van der Waals surface area (Å²) in [5.41, 5.74) is 7.59. The first-order valence-corrected chi connectivity index (χ1v) is 6.96. The van der Waals surface area contributed by atoms with Crippen molar-refractivity contribution in [1.82, 2.24) is 0 Å². The van der Waals surface area contributed by atoms with Gasteiger partial charge in [-0.2, -0.15) is 0 Å². The van der Waals surface area contributed by atoms with Crippen molar-refractivity contribution in [2.45, 2.75) is 6.61 Å². The Morgan fingerprint density at radius 2 is 1.88 bits per heavy atom. The molecule has 2 N–H and O–H groups in total. The largest absolute Gasteiger partial charge is 0.488 e. The van der Waals surface area contributed by atoms with E-state index in [1.807, 2.05) is 42.5 Å². The van der Waals surface area contributed by atoms with E-state index in [4.69, 9.17) is 10.5 Å². The second-order valence-electron chi connectivity index (χ2n) is 3.54. The molecule has 4 heteroatoms. The van der Waals surface area contributed by atoms with Crippen LogP contribution in [0.4, 0.5) is 5.69 Å². The smallest absolute Gasteiger partial charge is 0.133 e. The molecule has 0 heterocycles. The predicted octanol–water partition coefficient (Wildman–Crippen LogP) is 4.21. The first kappa shape index (κ1) is 12.7. The van der Waals surface area contributed by atoms with E-state index in [1.165, 1.54) is 0 Å². The van der Waals surface area contributed by atoms with Crippen molar-refractivity contribution in [3.05, 3.63) is 56.1 Å². The van der Waals surface area contributed by atoms with Crippen molar-refractivity contribution >= 4 is 44.2 Å². The van der Waals surface area contributed by atoms with Crippen LogP contribution in [0, 0.1) is 3.57 Å². The number of nitrogens with two attached hydrogens (primary N) is 1. The maximum atomic E-state index is 5.82. The van der Waals surface area contributed by atoms with Crippen LogP contribution in [-0.4, -0.2) is 0 Å². The molecular weight excluding hydrogens is 393 g/mol. The van der Waals surface area contributed by atoms with Crippen LogP contribution in [0.15, 0.2) is 46.9 Å². The summed E-state index contributed by atoms with van der Waals surface area (Å²) in [5, 5.41) is 0. The molecule has 0 saturated carbocycles. The summed E-state index contributed by atoms with van der Waals surface area (Å²) in [6.07, 6.45) is 0. The van der Waals surface area contributed by atoms with Crippen LogP contribution in [-0.2, 0) is 6.61 Å². The van der Waals surface area contributed by atoms with Crippen molar-refractivity contribution < 1.29 is 4.74 Å². The Morgan fingerprint density at radius 3 is 2.65 bits per heavy atom. The van der Waals surface area contributed by atoms with Gasteiger partial charge in [0.15, 0.2) is 0 Å². The Labute approximate surface area is 122 Å². The fourth-order valence-corrected chi connectivity index (χ4v) is 2.35. The molecular formula is C13H11BrINO. The van der Waals surface area contributed by atoms with E-state index in [-0.39, 0.29) is 0 Å². The lowest BCUT2D eigenvalue weighted by Crippen LogP contribution is -1.99. The van der Waals surface area contributed by atoms with Crippen LogP contribution >= 0.6 is 38.5 Å². The van der Waals surface area contributed by atoms with E-state index in [2.05, 4.69) is 38.5 Å². The second kappa shape index (κ2) is 5.73. The van der Waals surface area contributed by atoms with Crippen LogP contribution in [0.25, 0.3) is 0 Å². The van der Waals surface area contributed by atoms with Gasteiger partial charge in [0, 0.05) is 15.7 Å². The molecule has 0 spiro atoms. The zero-order valence-electron chi connectivity index (χ0n) is 8.99. The third kappa shape index (κ3) is 3.13. The van der Waals surface area contributed by atoms with Gasteiger partial charge < -0.3 is 10.5 Å². The summed E-state index contributed by atoms with van der Waals surface area (Å²) in [7, 11) is 0. The molecule has 0 amide bonds. The molecule has 88 valence electrons. The lowest BCUT2D eigenvalue weighted by Gasteiger charge is -2.10. The summed E-state index contributed by atoms with van der Waals surface area (Å²) < 4.78 is 7.78. The molecule has 0 aliphatic rings. The lowest BCUT2D eigenvalue weighted by atomic mass is 10.2. The Balaban J connectivity index is 2.13. The van der Waals surface area contributed by atoms with Gasteiger partial charge in [-0.25, -0.2) is 0 Å². The van der Waals surface area contributed by atoms with Crippen LogP contribution in [0.5, 0.6) is 5.75 Å². The number of halogens is 2. The molecule has 0 radical (unpaired) electrons. The normalized spacial score (nSPS) is 10.2. The number of nitrogen functional groups attached to an aromatic ring is 1. The van der Waals surface area contributed by atoms with Gasteiger partial charge in [0.05, 0.1) is 3.57 Å². The standard InChI is InChI=1S/C13H11BrINO/c14-13-9(4-3-6-11(13)16)8-17-12-7-2-1-5-10(12)15/h1-7H,8,16H2. The number of rotatable bonds is 3. The summed E-state index contributed by atoms with van der Waals surface area (Å²) >= 11 is 5.72. The Kier molecular flexibility index (Phi) is 4.28. The minimum absolute atomic E-state index is 0.506. The molecule has 0 bridgehead atoms. The molecule has 17 heavy (non-hydrogen) atoms. The van der Waals surface area contributed by atoms with Gasteiger partial charge in [-0.15, -0.1) is 0 Å². The molecule has 0 saturated heterocycles. The molecule has 0 fully saturated rings. The van der Waals surface area contributed by atoms with E-state index in [0.717, 1.165) is 25.0 Å². The number of anilines is 1. The van der Waals surface area contributed by atoms with Gasteiger partial charge in [-0.3, -0.25) is 0 Å². The summed E-state index contributed by atoms with van der Waals surface area (Å²) in [4.78, 5) is 0. The Morgan fingerprint density at radius 1 is 1.12 bits per heavy atom. The van der Waals surface area contributed by atoms with E-state index in [9.17, 15) is 0 Å². The van der Waals surface area contributed by atoms with Crippen molar-refractivity contribution in [2.24, 2.45) is 0 Å². The average molecular weight is 404 g/mol. The maximum absolute atomic E-state index is 5.82. The lowest BCUT2D eigenvalue weighted by molar-refractivity contribution is 0.303. The zero-order valence-corrected chi connectivity index (χ0v) is 12.7. The third-order valence-electron chi connectivity index (χ3n) is 2.33. The highest BCUT2D eigenvalue weighted by Gasteiger charge is 2.05. The average Bonchev–Trinajstić information content (AvgIpc) is 2.33. The number of benzene rings is 2. The van der Waals surface area contributed by atoms with Crippen LogP contribution in [0.1, 0.15) is 5.56 Å². The van der Waals surface area contributed by atoms with Crippen molar-refractivity contribution in [3.8, 4) is 5.75 Å². The van der Waals surface area contributed by atoms with Gasteiger partial charge in [0.1, 0.15) is 12.4 Å². The Bertz CT molecular complexity index is 531. The molecule has 2 aromatic carbocycles. The number of hydrogen-bond acceptors (Lipinski definition) is 2. The molecule has 0 atom stereocenters. The molecule has 0 aliphatic carbocycles. The second-order valence-corrected chi connectivity index (χ2v) is 5.49. The van der Waals surface area contributed by atoms with Crippen molar-refractivity contribution in [3.63, 3.8) is 0 Å². The maximum Gasteiger partial charge on any atom is 0.133 e. The highest BCUT2D eigenvalue weighted by Crippen LogP contribution is 2.26. The predicted molar refractivity (Wildman–Crippen MR) is 82.0 cm³/mol. The molecule has 2 nitrogen and oxygen atoms in total. The molecule has 0 aliphatic heterocycles. The summed E-state index contributed by atoms with van der Waals surface area (Å²) in [6, 6.07) is 13.7. The SMILES string of the molecule is Nc1cccc(COc2ccccc2I)c1Br. The van der Waals surface area contributed by atoms with Gasteiger partial charge in [-0.1, -0.05) is 24.3 Å². The molecule has 0 aromatic heterocycles. The van der Waals surface area contributed by atoms with Gasteiger partial charge in [-0.05, 0) is 56.7 Å². The van der Waals surface area contributed by atoms with E-state index < -0.39 is 0 Å². The van der Waals surface area contributed by atoms with Gasteiger partial charge in [0.25, 0.3) is 0 Å². The zero-order chi connectivity index (χ0) is 12.3. The number of ether oxygens (including phenoxy) is 1. The fourth-order valence-electron chi connectivity index (χ4n) is 1.43. The Hall–Kier alpha value is -0.750. The van der Waals surface area contributed by atoms with E-state index >= 15 is 0 Å². The highest BCUT2D eigenvalue weighted by atomic mass is 127. The minimum Gasteiger partial charge on any atom is -0.488 e. The fraction of sp³-hybridized carbons (Fsp3) is 0.0769. The first-order valence-electron chi connectivity index (χ1n) is 5.08. The van der Waals surface area contributed by atoms with Crippen molar-refractivity contribution in [2.75, 3.05) is 5.73 Å². The molecule has 0 unspecified atom stereocenters. The molecule has 2 aromatic rings. The quantitative estimate of drug-likeness (QED) is 0.615.